The van der Waals surface area contributed by atoms with Crippen LogP contribution in [0.3, 0.4) is 0 Å². The molecule has 23 heavy (non-hydrogen) atoms. The summed E-state index contributed by atoms with van der Waals surface area (Å²) in [5.41, 5.74) is 8.18. The van der Waals surface area contributed by atoms with Crippen LogP contribution in [0, 0.1) is 12.7 Å². The Labute approximate surface area is 143 Å². The average molecular weight is 336 g/mol. The van der Waals surface area contributed by atoms with Crippen LogP contribution in [0.1, 0.15) is 30.5 Å². The van der Waals surface area contributed by atoms with Crippen LogP contribution in [-0.4, -0.2) is 17.1 Å². The van der Waals surface area contributed by atoms with Crippen LogP contribution in [-0.2, 0) is 6.54 Å². The molecule has 2 atom stereocenters. The Morgan fingerprint density at radius 1 is 1.17 bits per heavy atom. The fourth-order valence-corrected chi connectivity index (χ4v) is 3.15. The van der Waals surface area contributed by atoms with Crippen LogP contribution in [0.5, 0.6) is 0 Å². The molecule has 0 aliphatic heterocycles. The molecular formula is C18H23ClFN3. The summed E-state index contributed by atoms with van der Waals surface area (Å²) in [7, 11) is 0. The number of hydrogen-bond donors (Lipinski definition) is 1. The van der Waals surface area contributed by atoms with E-state index in [4.69, 9.17) is 5.73 Å². The summed E-state index contributed by atoms with van der Waals surface area (Å²) in [4.78, 5) is 6.98. The quantitative estimate of drug-likeness (QED) is 0.923. The Hall–Kier alpha value is -1.65. The highest BCUT2D eigenvalue weighted by Crippen LogP contribution is 2.28. The lowest BCUT2D eigenvalue weighted by Crippen LogP contribution is -2.35. The Morgan fingerprint density at radius 3 is 2.52 bits per heavy atom. The molecule has 0 spiro atoms. The fourth-order valence-electron chi connectivity index (χ4n) is 3.15. The lowest BCUT2D eigenvalue weighted by atomic mass is 10.1. The summed E-state index contributed by atoms with van der Waals surface area (Å²) >= 11 is 0. The number of anilines is 1. The van der Waals surface area contributed by atoms with Gasteiger partial charge in [-0.3, -0.25) is 0 Å². The summed E-state index contributed by atoms with van der Waals surface area (Å²) in [5, 5.41) is 0. The van der Waals surface area contributed by atoms with Crippen LogP contribution in [0.25, 0.3) is 0 Å². The number of hydrogen-bond acceptors (Lipinski definition) is 3. The zero-order valence-electron chi connectivity index (χ0n) is 13.3. The molecule has 3 nitrogen and oxygen atoms in total. The smallest absolute Gasteiger partial charge is 0.129 e. The molecule has 0 amide bonds. The molecule has 1 fully saturated rings. The van der Waals surface area contributed by atoms with Gasteiger partial charge in [0.2, 0.25) is 0 Å². The van der Waals surface area contributed by atoms with E-state index in [0.717, 1.165) is 42.9 Å². The van der Waals surface area contributed by atoms with Gasteiger partial charge in [0.05, 0.1) is 0 Å². The van der Waals surface area contributed by atoms with Crippen molar-refractivity contribution in [1.29, 1.82) is 0 Å². The molecule has 5 heteroatoms. The van der Waals surface area contributed by atoms with Gasteiger partial charge < -0.3 is 10.6 Å². The first-order valence-corrected chi connectivity index (χ1v) is 7.82. The first-order valence-electron chi connectivity index (χ1n) is 7.82. The number of pyridine rings is 1. The topological polar surface area (TPSA) is 42.1 Å². The molecule has 1 saturated carbocycles. The summed E-state index contributed by atoms with van der Waals surface area (Å²) in [6.07, 6.45) is 3.12. The van der Waals surface area contributed by atoms with Crippen LogP contribution < -0.4 is 10.6 Å². The van der Waals surface area contributed by atoms with E-state index in [1.807, 2.05) is 37.3 Å². The highest BCUT2D eigenvalue weighted by molar-refractivity contribution is 5.85. The van der Waals surface area contributed by atoms with Gasteiger partial charge in [-0.15, -0.1) is 12.4 Å². The van der Waals surface area contributed by atoms with Gasteiger partial charge in [-0.05, 0) is 56.0 Å². The molecule has 0 saturated heterocycles. The van der Waals surface area contributed by atoms with Crippen LogP contribution >= 0.6 is 12.4 Å². The monoisotopic (exact) mass is 335 g/mol. The molecule has 1 heterocycles. The molecular weight excluding hydrogens is 313 g/mol. The maximum absolute atomic E-state index is 13.1. The molecule has 0 radical (unpaired) electrons. The molecule has 1 aromatic carbocycles. The van der Waals surface area contributed by atoms with Crippen molar-refractivity contribution < 1.29 is 4.39 Å². The largest absolute Gasteiger partial charge is 0.349 e. The summed E-state index contributed by atoms with van der Waals surface area (Å²) in [6, 6.07) is 13.4. The van der Waals surface area contributed by atoms with E-state index in [0.29, 0.717) is 6.04 Å². The molecule has 1 aliphatic rings. The fraction of sp³-hybridized carbons (Fsp3) is 0.389. The number of nitrogens with two attached hydrogens (primary N) is 1. The average Bonchev–Trinajstić information content (AvgIpc) is 2.93. The van der Waals surface area contributed by atoms with Gasteiger partial charge in [-0.2, -0.15) is 0 Å². The first kappa shape index (κ1) is 17.7. The SMILES string of the molecule is Cc1cccc(N(Cc2ccc(F)cc2)C2CCC(N)C2)n1.Cl. The number of halogens is 2. The van der Waals surface area contributed by atoms with Gasteiger partial charge >= 0.3 is 0 Å². The third-order valence-corrected chi connectivity index (χ3v) is 4.32. The van der Waals surface area contributed by atoms with Gasteiger partial charge in [0.1, 0.15) is 11.6 Å². The number of nitrogens with zero attached hydrogens (tertiary/aromatic N) is 2. The second-order valence-electron chi connectivity index (χ2n) is 6.12. The predicted octanol–water partition coefficient (Wildman–Crippen LogP) is 3.84. The molecule has 0 bridgehead atoms. The molecule has 3 rings (SSSR count). The first-order chi connectivity index (χ1) is 10.6. The Bertz CT molecular complexity index is 632. The van der Waals surface area contributed by atoms with Gasteiger partial charge in [0.25, 0.3) is 0 Å². The van der Waals surface area contributed by atoms with Gasteiger partial charge in [-0.25, -0.2) is 9.37 Å². The second-order valence-corrected chi connectivity index (χ2v) is 6.12. The van der Waals surface area contributed by atoms with Crippen LogP contribution in [0.15, 0.2) is 42.5 Å². The minimum absolute atomic E-state index is 0. The summed E-state index contributed by atoms with van der Waals surface area (Å²) < 4.78 is 13.1. The zero-order chi connectivity index (χ0) is 15.5. The van der Waals surface area contributed by atoms with E-state index < -0.39 is 0 Å². The van der Waals surface area contributed by atoms with Crippen LogP contribution in [0.4, 0.5) is 10.2 Å². The van der Waals surface area contributed by atoms with Gasteiger partial charge in [0, 0.05) is 24.3 Å². The molecule has 2 N–H and O–H groups in total. The van der Waals surface area contributed by atoms with Crippen molar-refractivity contribution in [2.24, 2.45) is 5.73 Å². The van der Waals surface area contributed by atoms with E-state index in [2.05, 4.69) is 9.88 Å². The molecule has 1 aromatic heterocycles. The highest BCUT2D eigenvalue weighted by atomic mass is 35.5. The van der Waals surface area contributed by atoms with E-state index in [9.17, 15) is 4.39 Å². The standard InChI is InChI=1S/C18H22FN3.ClH/c1-13-3-2-4-18(21-13)22(17-10-9-16(20)11-17)12-14-5-7-15(19)8-6-14;/h2-8,16-17H,9-12,20H2,1H3;1H. The highest BCUT2D eigenvalue weighted by Gasteiger charge is 2.28. The molecule has 1 aliphatic carbocycles. The molecule has 2 unspecified atom stereocenters. The predicted molar refractivity (Wildman–Crippen MR) is 94.4 cm³/mol. The van der Waals surface area contributed by atoms with Crippen molar-refractivity contribution in [1.82, 2.24) is 4.98 Å². The van der Waals surface area contributed by atoms with Gasteiger partial charge in [-0.1, -0.05) is 18.2 Å². The lowest BCUT2D eigenvalue weighted by molar-refractivity contribution is 0.584. The summed E-state index contributed by atoms with van der Waals surface area (Å²) in [6.45, 7) is 2.73. The van der Waals surface area contributed by atoms with E-state index in [-0.39, 0.29) is 24.3 Å². The minimum atomic E-state index is -0.202. The van der Waals surface area contributed by atoms with Crippen molar-refractivity contribution >= 4 is 18.2 Å². The Balaban J connectivity index is 0.00000192. The third-order valence-electron chi connectivity index (χ3n) is 4.32. The summed E-state index contributed by atoms with van der Waals surface area (Å²) in [5.74, 6) is 0.773. The van der Waals surface area contributed by atoms with E-state index in [1.54, 1.807) is 0 Å². The maximum atomic E-state index is 13.1. The number of aryl methyl sites for hydroxylation is 1. The van der Waals surface area contributed by atoms with Crippen molar-refractivity contribution in [3.63, 3.8) is 0 Å². The minimum Gasteiger partial charge on any atom is -0.349 e. The molecule has 2 aromatic rings. The molecule has 124 valence electrons. The number of aromatic nitrogens is 1. The van der Waals surface area contributed by atoms with E-state index >= 15 is 0 Å². The zero-order valence-corrected chi connectivity index (χ0v) is 14.1. The van der Waals surface area contributed by atoms with Gasteiger partial charge in [0.15, 0.2) is 0 Å². The van der Waals surface area contributed by atoms with Crippen molar-refractivity contribution in [2.45, 2.75) is 44.8 Å². The lowest BCUT2D eigenvalue weighted by Gasteiger charge is -2.30. The van der Waals surface area contributed by atoms with Crippen LogP contribution in [0.2, 0.25) is 0 Å². The maximum Gasteiger partial charge on any atom is 0.129 e. The second kappa shape index (κ2) is 7.75. The third kappa shape index (κ3) is 4.43. The normalized spacial score (nSPS) is 20.1. The van der Waals surface area contributed by atoms with Crippen molar-refractivity contribution in [3.05, 3.63) is 59.5 Å². The van der Waals surface area contributed by atoms with Crippen molar-refractivity contribution in [2.75, 3.05) is 4.90 Å². The number of benzene rings is 1. The number of rotatable bonds is 4. The Morgan fingerprint density at radius 2 is 1.91 bits per heavy atom. The van der Waals surface area contributed by atoms with E-state index in [1.165, 1.54) is 12.1 Å². The Kier molecular flexibility index (Phi) is 5.97. The van der Waals surface area contributed by atoms with Crippen molar-refractivity contribution in [3.8, 4) is 0 Å².